The normalized spacial score (nSPS) is 15.1. The number of hydrogen-bond acceptors (Lipinski definition) is 6. The summed E-state index contributed by atoms with van der Waals surface area (Å²) in [4.78, 5) is 17.0. The van der Waals surface area contributed by atoms with Crippen LogP contribution >= 0.6 is 0 Å². The van der Waals surface area contributed by atoms with Crippen LogP contribution in [0.15, 0.2) is 35.2 Å². The number of sulfonamides is 1. The van der Waals surface area contributed by atoms with Crippen LogP contribution in [-0.2, 0) is 16.6 Å². The van der Waals surface area contributed by atoms with Gasteiger partial charge in [0.05, 0.1) is 11.4 Å². The molecule has 0 bridgehead atoms. The lowest BCUT2D eigenvalue weighted by molar-refractivity contribution is 0.0949. The number of amides is 1. The quantitative estimate of drug-likeness (QED) is 0.677. The van der Waals surface area contributed by atoms with E-state index in [1.165, 1.54) is 28.6 Å². The SMILES string of the molecule is Cc1cc(C)n2c(CNC(=O)c3ccc(S(=O)(=O)N4CCCC4)cc3)nnc2n1. The van der Waals surface area contributed by atoms with E-state index in [2.05, 4.69) is 20.5 Å². The first kappa shape index (κ1) is 19.5. The molecule has 3 heterocycles. The summed E-state index contributed by atoms with van der Waals surface area (Å²) in [5.41, 5.74) is 2.16. The number of rotatable bonds is 5. The maximum absolute atomic E-state index is 12.6. The van der Waals surface area contributed by atoms with Crippen molar-refractivity contribution in [2.24, 2.45) is 0 Å². The molecule has 3 aromatic rings. The second kappa shape index (κ2) is 7.53. The first-order valence-electron chi connectivity index (χ1n) is 9.43. The summed E-state index contributed by atoms with van der Waals surface area (Å²) >= 11 is 0. The minimum atomic E-state index is -3.49. The minimum absolute atomic E-state index is 0.180. The third kappa shape index (κ3) is 3.73. The summed E-state index contributed by atoms with van der Waals surface area (Å²) in [5, 5.41) is 10.9. The van der Waals surface area contributed by atoms with E-state index in [0.717, 1.165) is 24.2 Å². The number of fused-ring (bicyclic) bond motifs is 1. The van der Waals surface area contributed by atoms with Crippen molar-refractivity contribution in [3.8, 4) is 0 Å². The summed E-state index contributed by atoms with van der Waals surface area (Å²) in [6.07, 6.45) is 1.76. The molecule has 4 rings (SSSR count). The van der Waals surface area contributed by atoms with E-state index >= 15 is 0 Å². The topological polar surface area (TPSA) is 110 Å². The maximum atomic E-state index is 12.6. The van der Waals surface area contributed by atoms with Crippen LogP contribution in [0, 0.1) is 13.8 Å². The molecule has 1 aliphatic rings. The van der Waals surface area contributed by atoms with Gasteiger partial charge in [-0.1, -0.05) is 0 Å². The Kier molecular flexibility index (Phi) is 5.05. The fourth-order valence-corrected chi connectivity index (χ4v) is 5.05. The molecule has 1 N–H and O–H groups in total. The van der Waals surface area contributed by atoms with Crippen LogP contribution in [0.2, 0.25) is 0 Å². The number of aromatic nitrogens is 4. The zero-order valence-corrected chi connectivity index (χ0v) is 17.1. The second-order valence-corrected chi connectivity index (χ2v) is 9.05. The molecule has 1 fully saturated rings. The van der Waals surface area contributed by atoms with E-state index in [1.54, 1.807) is 4.40 Å². The van der Waals surface area contributed by atoms with Gasteiger partial charge in [0.1, 0.15) is 0 Å². The van der Waals surface area contributed by atoms with Gasteiger partial charge in [-0.3, -0.25) is 9.20 Å². The summed E-state index contributed by atoms with van der Waals surface area (Å²) in [6, 6.07) is 7.92. The number of benzene rings is 1. The highest BCUT2D eigenvalue weighted by Gasteiger charge is 2.27. The number of carbonyl (C=O) groups is 1. The molecule has 0 spiro atoms. The van der Waals surface area contributed by atoms with Crippen molar-refractivity contribution < 1.29 is 13.2 Å². The Hall–Kier alpha value is -2.85. The van der Waals surface area contributed by atoms with Crippen LogP contribution in [0.25, 0.3) is 5.78 Å². The third-order valence-corrected chi connectivity index (χ3v) is 6.90. The molecular weight excluding hydrogens is 392 g/mol. The van der Waals surface area contributed by atoms with E-state index in [1.807, 2.05) is 19.9 Å². The summed E-state index contributed by atoms with van der Waals surface area (Å²) in [7, 11) is -3.49. The standard InChI is InChI=1S/C19H22N6O3S/c1-13-11-14(2)25-17(22-23-19(25)21-13)12-20-18(26)15-5-7-16(8-6-15)29(27,28)24-9-3-4-10-24/h5-8,11H,3-4,9-10,12H2,1-2H3,(H,20,26). The molecule has 9 nitrogen and oxygen atoms in total. The van der Waals surface area contributed by atoms with Gasteiger partial charge in [0.2, 0.25) is 10.0 Å². The molecule has 1 saturated heterocycles. The fraction of sp³-hybridized carbons (Fsp3) is 0.368. The van der Waals surface area contributed by atoms with Gasteiger partial charge in [-0.25, -0.2) is 13.4 Å². The van der Waals surface area contributed by atoms with E-state index in [0.29, 0.717) is 30.3 Å². The number of nitrogens with one attached hydrogen (secondary N) is 1. The predicted molar refractivity (Wildman–Crippen MR) is 106 cm³/mol. The van der Waals surface area contributed by atoms with Crippen LogP contribution in [0.1, 0.15) is 40.4 Å². The summed E-state index contributed by atoms with van der Waals surface area (Å²) < 4.78 is 28.4. The van der Waals surface area contributed by atoms with Gasteiger partial charge in [0, 0.05) is 30.0 Å². The molecule has 0 unspecified atom stereocenters. The smallest absolute Gasteiger partial charge is 0.255 e. The van der Waals surface area contributed by atoms with E-state index in [4.69, 9.17) is 0 Å². The van der Waals surface area contributed by atoms with Crippen LogP contribution in [0.4, 0.5) is 0 Å². The largest absolute Gasteiger partial charge is 0.345 e. The molecule has 0 aliphatic carbocycles. The van der Waals surface area contributed by atoms with Crippen molar-refractivity contribution in [3.05, 3.63) is 53.1 Å². The van der Waals surface area contributed by atoms with Gasteiger partial charge in [-0.15, -0.1) is 10.2 Å². The molecule has 10 heteroatoms. The van der Waals surface area contributed by atoms with Crippen molar-refractivity contribution in [3.63, 3.8) is 0 Å². The average Bonchev–Trinajstić information content (AvgIpc) is 3.36. The van der Waals surface area contributed by atoms with Crippen LogP contribution < -0.4 is 5.32 Å². The van der Waals surface area contributed by atoms with Crippen LogP contribution in [0.5, 0.6) is 0 Å². The van der Waals surface area contributed by atoms with Gasteiger partial charge >= 0.3 is 0 Å². The van der Waals surface area contributed by atoms with Gasteiger partial charge in [0.25, 0.3) is 11.7 Å². The molecule has 0 saturated carbocycles. The van der Waals surface area contributed by atoms with E-state index in [9.17, 15) is 13.2 Å². The Labute approximate surface area is 168 Å². The molecule has 152 valence electrons. The lowest BCUT2D eigenvalue weighted by Crippen LogP contribution is -2.28. The molecule has 2 aromatic heterocycles. The maximum Gasteiger partial charge on any atom is 0.255 e. The Morgan fingerprint density at radius 3 is 2.48 bits per heavy atom. The van der Waals surface area contributed by atoms with Gasteiger partial charge in [0.15, 0.2) is 5.82 Å². The predicted octanol–water partition coefficient (Wildman–Crippen LogP) is 1.46. The molecule has 1 aromatic carbocycles. The van der Waals surface area contributed by atoms with E-state index < -0.39 is 10.0 Å². The lowest BCUT2D eigenvalue weighted by Gasteiger charge is -2.15. The van der Waals surface area contributed by atoms with Crippen molar-refractivity contribution in [1.29, 1.82) is 0 Å². The second-order valence-electron chi connectivity index (χ2n) is 7.11. The van der Waals surface area contributed by atoms with Crippen molar-refractivity contribution in [1.82, 2.24) is 29.2 Å². The van der Waals surface area contributed by atoms with Gasteiger partial charge in [-0.05, 0) is 57.0 Å². The van der Waals surface area contributed by atoms with Crippen LogP contribution in [0.3, 0.4) is 0 Å². The number of hydrogen-bond donors (Lipinski definition) is 1. The molecule has 0 atom stereocenters. The van der Waals surface area contributed by atoms with Crippen LogP contribution in [-0.4, -0.2) is 51.3 Å². The highest BCUT2D eigenvalue weighted by Crippen LogP contribution is 2.21. The summed E-state index contributed by atoms with van der Waals surface area (Å²) in [6.45, 7) is 5.08. The Morgan fingerprint density at radius 1 is 1.10 bits per heavy atom. The number of nitrogens with zero attached hydrogens (tertiary/aromatic N) is 5. The molecular formula is C19H22N6O3S. The fourth-order valence-electron chi connectivity index (χ4n) is 3.53. The average molecular weight is 414 g/mol. The highest BCUT2D eigenvalue weighted by atomic mass is 32.2. The van der Waals surface area contributed by atoms with Gasteiger partial charge in [-0.2, -0.15) is 4.31 Å². The Morgan fingerprint density at radius 2 is 1.79 bits per heavy atom. The highest BCUT2D eigenvalue weighted by molar-refractivity contribution is 7.89. The molecule has 1 amide bonds. The minimum Gasteiger partial charge on any atom is -0.345 e. The number of aryl methyl sites for hydroxylation is 2. The first-order chi connectivity index (χ1) is 13.9. The van der Waals surface area contributed by atoms with Gasteiger partial charge < -0.3 is 5.32 Å². The third-order valence-electron chi connectivity index (χ3n) is 4.99. The van der Waals surface area contributed by atoms with Crippen molar-refractivity contribution in [2.75, 3.05) is 13.1 Å². The van der Waals surface area contributed by atoms with Crippen molar-refractivity contribution >= 4 is 21.7 Å². The first-order valence-corrected chi connectivity index (χ1v) is 10.9. The number of carbonyl (C=O) groups excluding carboxylic acids is 1. The Balaban J connectivity index is 1.47. The monoisotopic (exact) mass is 414 g/mol. The Bertz CT molecular complexity index is 1160. The summed E-state index contributed by atoms with van der Waals surface area (Å²) in [5.74, 6) is 0.749. The molecule has 0 radical (unpaired) electrons. The zero-order chi connectivity index (χ0) is 20.6. The van der Waals surface area contributed by atoms with E-state index in [-0.39, 0.29) is 17.3 Å². The molecule has 29 heavy (non-hydrogen) atoms. The lowest BCUT2D eigenvalue weighted by atomic mass is 10.2. The zero-order valence-electron chi connectivity index (χ0n) is 16.3. The van der Waals surface area contributed by atoms with Crippen molar-refractivity contribution in [2.45, 2.75) is 38.1 Å². The molecule has 1 aliphatic heterocycles.